The molecule has 18 heavy (non-hydrogen) atoms. The lowest BCUT2D eigenvalue weighted by Gasteiger charge is -2.33. The van der Waals surface area contributed by atoms with Crippen LogP contribution in [0, 0.1) is 0 Å². The van der Waals surface area contributed by atoms with Gasteiger partial charge in [-0.15, -0.1) is 0 Å². The number of allylic oxidation sites excluding steroid dienone is 1. The molecule has 4 nitrogen and oxygen atoms in total. The van der Waals surface area contributed by atoms with Gasteiger partial charge in [0, 0.05) is 30.9 Å². The molecule has 0 aliphatic heterocycles. The van der Waals surface area contributed by atoms with Gasteiger partial charge < -0.3 is 10.2 Å². The zero-order chi connectivity index (χ0) is 13.5. The number of nitrogens with zero attached hydrogens (tertiary/aromatic N) is 3. The van der Waals surface area contributed by atoms with Crippen molar-refractivity contribution in [3.63, 3.8) is 0 Å². The summed E-state index contributed by atoms with van der Waals surface area (Å²) in [6.45, 7) is 5.58. The van der Waals surface area contributed by atoms with Gasteiger partial charge in [-0.05, 0) is 53.4 Å². The van der Waals surface area contributed by atoms with Crippen LogP contribution in [0.3, 0.4) is 0 Å². The summed E-state index contributed by atoms with van der Waals surface area (Å²) in [4.78, 5) is 10.5. The molecule has 1 aliphatic carbocycles. The van der Waals surface area contributed by atoms with Crippen molar-refractivity contribution in [2.45, 2.75) is 44.7 Å². The van der Waals surface area contributed by atoms with Crippen molar-refractivity contribution in [3.8, 4) is 0 Å². The molecule has 1 aliphatic rings. The monoisotopic (exact) mass is 250 g/mol. The van der Waals surface area contributed by atoms with Gasteiger partial charge in [0.05, 0.1) is 0 Å². The van der Waals surface area contributed by atoms with E-state index in [-0.39, 0.29) is 0 Å². The predicted octanol–water partition coefficient (Wildman–Crippen LogP) is 2.08. The van der Waals surface area contributed by atoms with E-state index in [4.69, 9.17) is 0 Å². The van der Waals surface area contributed by atoms with Gasteiger partial charge in [0.2, 0.25) is 0 Å². The molecule has 1 saturated carbocycles. The summed E-state index contributed by atoms with van der Waals surface area (Å²) in [6, 6.07) is 1.24. The van der Waals surface area contributed by atoms with Crippen LogP contribution in [0.5, 0.6) is 0 Å². The lowest BCUT2D eigenvalue weighted by Crippen LogP contribution is -2.39. The molecule has 0 radical (unpaired) electrons. The Labute approximate surface area is 111 Å². The van der Waals surface area contributed by atoms with Gasteiger partial charge in [0.25, 0.3) is 0 Å². The molecule has 4 heteroatoms. The maximum Gasteiger partial charge on any atom is 0.127 e. The molecule has 0 atom stereocenters. The Morgan fingerprint density at radius 2 is 1.89 bits per heavy atom. The molecule has 0 aromatic carbocycles. The average molecular weight is 250 g/mol. The van der Waals surface area contributed by atoms with Crippen molar-refractivity contribution < 1.29 is 0 Å². The highest BCUT2D eigenvalue weighted by Crippen LogP contribution is 2.22. The molecule has 102 valence electrons. The first-order chi connectivity index (χ1) is 8.56. The first-order valence-corrected chi connectivity index (χ1v) is 6.61. The normalized spacial score (nSPS) is 26.3. The van der Waals surface area contributed by atoms with Gasteiger partial charge in [-0.2, -0.15) is 0 Å². The number of hydrogen-bond acceptors (Lipinski definition) is 4. The van der Waals surface area contributed by atoms with Crippen molar-refractivity contribution in [2.24, 2.45) is 9.98 Å². The van der Waals surface area contributed by atoms with E-state index < -0.39 is 0 Å². The van der Waals surface area contributed by atoms with E-state index in [0.717, 1.165) is 17.6 Å². The van der Waals surface area contributed by atoms with E-state index in [0.29, 0.717) is 6.04 Å². The van der Waals surface area contributed by atoms with Crippen molar-refractivity contribution in [1.82, 2.24) is 10.2 Å². The Hall–Kier alpha value is -1.16. The van der Waals surface area contributed by atoms with Crippen LogP contribution in [0.15, 0.2) is 21.9 Å². The van der Waals surface area contributed by atoms with Gasteiger partial charge in [-0.25, -0.2) is 4.99 Å². The second-order valence-electron chi connectivity index (χ2n) is 5.17. The van der Waals surface area contributed by atoms with Crippen LogP contribution in [0.2, 0.25) is 0 Å². The van der Waals surface area contributed by atoms with E-state index in [1.54, 1.807) is 7.05 Å². The molecule has 0 aromatic heterocycles. The molecule has 0 saturated heterocycles. The minimum atomic E-state index is 0.516. The van der Waals surface area contributed by atoms with Crippen molar-refractivity contribution in [1.29, 1.82) is 0 Å². The molecular formula is C14H26N4. The molecule has 0 amide bonds. The van der Waals surface area contributed by atoms with Gasteiger partial charge in [0.15, 0.2) is 0 Å². The molecule has 1 fully saturated rings. The van der Waals surface area contributed by atoms with E-state index in [1.165, 1.54) is 25.7 Å². The zero-order valence-electron chi connectivity index (χ0n) is 12.1. The van der Waals surface area contributed by atoms with E-state index >= 15 is 0 Å². The standard InChI is InChI=1S/C14H26N4/c1-11(15-2)10-14(16-3)17-12-6-8-13(9-7-12)18(4)5/h10,12-13,17H,3,6-9H2,1-2,4-5H3/b14-10+,15-11-/t12-,13-. The summed E-state index contributed by atoms with van der Waals surface area (Å²) in [5.74, 6) is 0.839. The van der Waals surface area contributed by atoms with Crippen LogP contribution < -0.4 is 5.32 Å². The topological polar surface area (TPSA) is 40.0 Å². The highest BCUT2D eigenvalue weighted by molar-refractivity contribution is 5.93. The summed E-state index contributed by atoms with van der Waals surface area (Å²) in [5, 5.41) is 3.46. The first-order valence-electron chi connectivity index (χ1n) is 6.61. The first kappa shape index (κ1) is 14.9. The average Bonchev–Trinajstić information content (AvgIpc) is 2.38. The van der Waals surface area contributed by atoms with Gasteiger partial charge in [-0.3, -0.25) is 4.99 Å². The van der Waals surface area contributed by atoms with Crippen LogP contribution in [0.4, 0.5) is 0 Å². The Balaban J connectivity index is 2.49. The summed E-state index contributed by atoms with van der Waals surface area (Å²) in [6.07, 6.45) is 6.83. The van der Waals surface area contributed by atoms with Gasteiger partial charge in [0.1, 0.15) is 5.82 Å². The summed E-state index contributed by atoms with van der Waals surface area (Å²) in [7, 11) is 6.11. The van der Waals surface area contributed by atoms with E-state index in [2.05, 4.69) is 41.0 Å². The Morgan fingerprint density at radius 1 is 1.28 bits per heavy atom. The second-order valence-corrected chi connectivity index (χ2v) is 5.17. The van der Waals surface area contributed by atoms with Crippen molar-refractivity contribution in [2.75, 3.05) is 21.1 Å². The Kier molecular flexibility index (Phi) is 6.05. The lowest BCUT2D eigenvalue weighted by atomic mass is 9.90. The Bertz CT molecular complexity index is 323. The minimum absolute atomic E-state index is 0.516. The van der Waals surface area contributed by atoms with Crippen LogP contribution >= 0.6 is 0 Å². The molecule has 0 heterocycles. The fraction of sp³-hybridized carbons (Fsp3) is 0.714. The predicted molar refractivity (Wildman–Crippen MR) is 79.5 cm³/mol. The fourth-order valence-corrected chi connectivity index (χ4v) is 2.34. The van der Waals surface area contributed by atoms with Gasteiger partial charge in [-0.1, -0.05) is 0 Å². The zero-order valence-corrected chi connectivity index (χ0v) is 12.1. The molecule has 1 N–H and O–H groups in total. The smallest absolute Gasteiger partial charge is 0.127 e. The largest absolute Gasteiger partial charge is 0.367 e. The van der Waals surface area contributed by atoms with Gasteiger partial charge >= 0.3 is 0 Å². The third-order valence-electron chi connectivity index (χ3n) is 3.65. The molecule has 0 aromatic rings. The third-order valence-corrected chi connectivity index (χ3v) is 3.65. The summed E-state index contributed by atoms with van der Waals surface area (Å²) < 4.78 is 0. The maximum absolute atomic E-state index is 4.11. The highest BCUT2D eigenvalue weighted by atomic mass is 15.1. The molecule has 0 bridgehead atoms. The molecule has 0 spiro atoms. The SMILES string of the molecule is C=N/C(=C\C(C)=N/C)N[C@H]1CC[C@H](N(C)C)CC1. The highest BCUT2D eigenvalue weighted by Gasteiger charge is 2.22. The van der Waals surface area contributed by atoms with Crippen molar-refractivity contribution >= 4 is 12.4 Å². The summed E-state index contributed by atoms with van der Waals surface area (Å²) in [5.41, 5.74) is 0.965. The maximum atomic E-state index is 4.11. The summed E-state index contributed by atoms with van der Waals surface area (Å²) >= 11 is 0. The lowest BCUT2D eigenvalue weighted by molar-refractivity contribution is 0.208. The second kappa shape index (κ2) is 7.31. The van der Waals surface area contributed by atoms with Crippen molar-refractivity contribution in [3.05, 3.63) is 11.9 Å². The number of rotatable bonds is 5. The van der Waals surface area contributed by atoms with E-state index in [9.17, 15) is 0 Å². The number of nitrogens with one attached hydrogen (secondary N) is 1. The Morgan fingerprint density at radius 3 is 2.33 bits per heavy atom. The minimum Gasteiger partial charge on any atom is -0.367 e. The van der Waals surface area contributed by atoms with E-state index in [1.807, 2.05) is 13.0 Å². The van der Waals surface area contributed by atoms with Crippen LogP contribution in [-0.4, -0.2) is 50.6 Å². The molecule has 1 rings (SSSR count). The molecule has 0 unspecified atom stereocenters. The molecular weight excluding hydrogens is 224 g/mol. The number of hydrogen-bond donors (Lipinski definition) is 1. The van der Waals surface area contributed by atoms with Crippen LogP contribution in [-0.2, 0) is 0 Å². The fourth-order valence-electron chi connectivity index (χ4n) is 2.34. The third kappa shape index (κ3) is 4.61. The van der Waals surface area contributed by atoms with Crippen LogP contribution in [0.25, 0.3) is 0 Å². The number of aliphatic imine (C=N–C) groups is 2. The van der Waals surface area contributed by atoms with Crippen LogP contribution in [0.1, 0.15) is 32.6 Å². The quantitative estimate of drug-likeness (QED) is 0.759.